The van der Waals surface area contributed by atoms with Gasteiger partial charge in [-0.25, -0.2) is 0 Å². The number of likely N-dealkylation sites (N-methyl/N-ethyl adjacent to an activating group) is 1. The summed E-state index contributed by atoms with van der Waals surface area (Å²) in [4.78, 5) is 0. The number of hydrogen-bond donors (Lipinski definition) is 0. The van der Waals surface area contributed by atoms with Gasteiger partial charge in [-0.3, -0.25) is 4.67 Å². The summed E-state index contributed by atoms with van der Waals surface area (Å²) in [5, 5.41) is 0. The van der Waals surface area contributed by atoms with Gasteiger partial charge in [-0.2, -0.15) is 0 Å². The van der Waals surface area contributed by atoms with Crippen LogP contribution in [0.5, 0.6) is 0 Å². The van der Waals surface area contributed by atoms with Crippen molar-refractivity contribution >= 4 is 33.3 Å². The highest BCUT2D eigenvalue weighted by atomic mass is 32.6. The molecule has 0 saturated carbocycles. The van der Waals surface area contributed by atoms with E-state index in [9.17, 15) is 0 Å². The van der Waals surface area contributed by atoms with Crippen LogP contribution in [0.1, 0.15) is 29.2 Å². The van der Waals surface area contributed by atoms with E-state index in [4.69, 9.17) is 0 Å². The molecule has 0 N–H and O–H groups in total. The first-order valence-electron chi connectivity index (χ1n) is 6.17. The minimum absolute atomic E-state index is 0.0580. The Labute approximate surface area is 120 Å². The lowest BCUT2D eigenvalue weighted by molar-refractivity contribution is 0.429. The molecule has 1 aromatic carbocycles. The molecule has 0 aliphatic heterocycles. The Hall–Kier alpha value is 0.900. The van der Waals surface area contributed by atoms with Gasteiger partial charge >= 0.3 is 0 Å². The van der Waals surface area contributed by atoms with Gasteiger partial charge in [0.25, 0.3) is 0 Å². The maximum Gasteiger partial charge on any atom is 0.0149 e. The van der Waals surface area contributed by atoms with Crippen LogP contribution in [-0.4, -0.2) is 17.8 Å². The van der Waals surface area contributed by atoms with Crippen LogP contribution in [-0.2, 0) is 6.42 Å². The van der Waals surface area contributed by atoms with Crippen molar-refractivity contribution in [3.05, 3.63) is 34.4 Å². The van der Waals surface area contributed by atoms with Crippen LogP contribution in [0.2, 0.25) is 0 Å². The lowest BCUT2D eigenvalue weighted by Crippen LogP contribution is -2.24. The first kappa shape index (κ1) is 17.0. The topological polar surface area (TPSA) is 3.24 Å². The largest absolute Gasteiger partial charge is 0.275 e. The first-order valence-corrected chi connectivity index (χ1v) is 12.7. The fourth-order valence-corrected chi connectivity index (χ4v) is 6.14. The van der Waals surface area contributed by atoms with Gasteiger partial charge in [0.1, 0.15) is 0 Å². The van der Waals surface area contributed by atoms with Crippen molar-refractivity contribution in [3.8, 4) is 0 Å². The third-order valence-corrected chi connectivity index (χ3v) is 14.2. The third-order valence-electron chi connectivity index (χ3n) is 3.58. The highest BCUT2D eigenvalue weighted by Gasteiger charge is 2.16. The Balaban J connectivity index is 2.81. The van der Waals surface area contributed by atoms with E-state index in [2.05, 4.69) is 69.4 Å². The van der Waals surface area contributed by atoms with E-state index in [1.807, 2.05) is 0 Å². The van der Waals surface area contributed by atoms with E-state index >= 15 is 0 Å². The maximum atomic E-state index is 3.00. The van der Waals surface area contributed by atoms with Crippen molar-refractivity contribution in [2.45, 2.75) is 40.2 Å². The van der Waals surface area contributed by atoms with Gasteiger partial charge in [-0.15, -0.1) is 8.93 Å². The molecule has 0 amide bonds. The van der Waals surface area contributed by atoms with E-state index in [-0.39, 0.29) is 7.45 Å². The minimum Gasteiger partial charge on any atom is -0.275 e. The minimum atomic E-state index is -0.0580. The molecular formula is C13H25NP4. The normalized spacial score (nSPS) is 15.6. The van der Waals surface area contributed by atoms with Crippen LogP contribution < -0.4 is 0 Å². The van der Waals surface area contributed by atoms with Crippen LogP contribution in [0.15, 0.2) is 12.1 Å². The molecule has 1 nitrogen and oxygen atoms in total. The molecular weight excluding hydrogens is 294 g/mol. The SMILES string of the molecule is Cc1cc(C)c(C[C@@H](C)N(C)P(P)PP)cc1C. The molecule has 5 atom stereocenters. The molecule has 0 aliphatic rings. The first-order chi connectivity index (χ1) is 8.36. The van der Waals surface area contributed by atoms with Crippen LogP contribution in [0, 0.1) is 20.8 Å². The van der Waals surface area contributed by atoms with Crippen molar-refractivity contribution in [2.24, 2.45) is 0 Å². The van der Waals surface area contributed by atoms with Crippen molar-refractivity contribution in [1.29, 1.82) is 0 Å². The molecule has 102 valence electrons. The van der Waals surface area contributed by atoms with E-state index in [0.717, 1.165) is 14.4 Å². The zero-order valence-corrected chi connectivity index (χ0v) is 16.2. The van der Waals surface area contributed by atoms with Crippen LogP contribution in [0.4, 0.5) is 0 Å². The lowest BCUT2D eigenvalue weighted by atomic mass is 9.96. The van der Waals surface area contributed by atoms with E-state index < -0.39 is 0 Å². The molecule has 0 fully saturated rings. The molecule has 0 aromatic heterocycles. The van der Waals surface area contributed by atoms with Crippen LogP contribution in [0.3, 0.4) is 0 Å². The number of hydrogen-bond acceptors (Lipinski definition) is 1. The summed E-state index contributed by atoms with van der Waals surface area (Å²) in [7, 11) is 8.99. The average molecular weight is 319 g/mol. The molecule has 0 spiro atoms. The summed E-state index contributed by atoms with van der Waals surface area (Å²) >= 11 is 0. The van der Waals surface area contributed by atoms with Gasteiger partial charge in [0.05, 0.1) is 0 Å². The van der Waals surface area contributed by atoms with Crippen molar-refractivity contribution < 1.29 is 0 Å². The van der Waals surface area contributed by atoms with Gasteiger partial charge in [0.2, 0.25) is 0 Å². The van der Waals surface area contributed by atoms with Crippen molar-refractivity contribution in [1.82, 2.24) is 4.67 Å². The molecule has 0 aliphatic carbocycles. The highest BCUT2D eigenvalue weighted by molar-refractivity contribution is 8.60. The van der Waals surface area contributed by atoms with Crippen LogP contribution in [0.25, 0.3) is 0 Å². The second kappa shape index (κ2) is 7.62. The zero-order chi connectivity index (χ0) is 13.9. The second-order valence-corrected chi connectivity index (χ2v) is 14.0. The number of nitrogens with zero attached hydrogens (tertiary/aromatic N) is 1. The molecule has 18 heavy (non-hydrogen) atoms. The second-order valence-electron chi connectivity index (χ2n) is 4.96. The molecule has 4 unspecified atom stereocenters. The average Bonchev–Trinajstić information content (AvgIpc) is 2.33. The molecule has 0 bridgehead atoms. The number of aryl methyl sites for hydroxylation is 3. The zero-order valence-electron chi connectivity index (χ0n) is 12.0. The Morgan fingerprint density at radius 3 is 2.33 bits per heavy atom. The van der Waals surface area contributed by atoms with Gasteiger partial charge < -0.3 is 0 Å². The monoisotopic (exact) mass is 319 g/mol. The Kier molecular flexibility index (Phi) is 7.18. The maximum absolute atomic E-state index is 3.00. The number of rotatable bonds is 5. The summed E-state index contributed by atoms with van der Waals surface area (Å²) in [6.45, 7) is 8.96. The molecule has 1 aromatic rings. The molecule has 0 radical (unpaired) electrons. The van der Waals surface area contributed by atoms with E-state index in [1.165, 1.54) is 22.3 Å². The summed E-state index contributed by atoms with van der Waals surface area (Å²) < 4.78 is 2.51. The quantitative estimate of drug-likeness (QED) is 0.687. The highest BCUT2D eigenvalue weighted by Crippen LogP contribution is 2.68. The summed E-state index contributed by atoms with van der Waals surface area (Å²) in [5.74, 6) is 0. The van der Waals surface area contributed by atoms with Gasteiger partial charge in [-0.1, -0.05) is 29.0 Å². The fraction of sp³-hybridized carbons (Fsp3) is 0.538. The molecule has 0 heterocycles. The Bertz CT molecular complexity index is 408. The predicted octanol–water partition coefficient (Wildman–Crippen LogP) is 5.05. The predicted molar refractivity (Wildman–Crippen MR) is 96.2 cm³/mol. The third kappa shape index (κ3) is 4.47. The van der Waals surface area contributed by atoms with E-state index in [1.54, 1.807) is 0 Å². The van der Waals surface area contributed by atoms with Gasteiger partial charge in [-0.05, 0) is 63.4 Å². The van der Waals surface area contributed by atoms with Crippen molar-refractivity contribution in [2.75, 3.05) is 7.05 Å². The van der Waals surface area contributed by atoms with Gasteiger partial charge in [0.15, 0.2) is 0 Å². The fourth-order valence-electron chi connectivity index (χ4n) is 1.99. The Morgan fingerprint density at radius 1 is 1.22 bits per heavy atom. The van der Waals surface area contributed by atoms with Crippen molar-refractivity contribution in [3.63, 3.8) is 0 Å². The van der Waals surface area contributed by atoms with Crippen LogP contribution >= 0.6 is 33.3 Å². The molecule has 0 saturated heterocycles. The summed E-state index contributed by atoms with van der Waals surface area (Å²) in [5.41, 5.74) is 5.74. The smallest absolute Gasteiger partial charge is 0.0149 e. The lowest BCUT2D eigenvalue weighted by Gasteiger charge is -2.30. The standard InChI is InChI=1S/C13H25NP4/c1-9-6-11(3)13(7-10(9)2)8-12(4)14(5)18(16)17-15/h6-7,12,17H,8,15-16H2,1-5H3/t12-,18?/m1/s1. The number of benzene rings is 1. The Morgan fingerprint density at radius 2 is 1.78 bits per heavy atom. The summed E-state index contributed by atoms with van der Waals surface area (Å²) in [6, 6.07) is 5.28. The molecule has 1 rings (SSSR count). The summed E-state index contributed by atoms with van der Waals surface area (Å²) in [6.07, 6.45) is 1.14. The molecule has 5 heteroatoms. The van der Waals surface area contributed by atoms with Gasteiger partial charge in [0, 0.05) is 13.5 Å². The van der Waals surface area contributed by atoms with E-state index in [0.29, 0.717) is 6.04 Å².